The zero-order valence-electron chi connectivity index (χ0n) is 9.41. The van der Waals surface area contributed by atoms with E-state index in [0.717, 1.165) is 38.8 Å². The molecule has 4 N–H and O–H groups in total. The third-order valence-electron chi connectivity index (χ3n) is 2.89. The van der Waals surface area contributed by atoms with Crippen LogP contribution in [0.5, 0.6) is 0 Å². The minimum atomic E-state index is 0.0860. The number of nitrogens with two attached hydrogens (primary N) is 1. The third-order valence-corrected chi connectivity index (χ3v) is 2.89. The van der Waals surface area contributed by atoms with E-state index in [1.807, 2.05) is 4.90 Å². The Morgan fingerprint density at radius 1 is 1.38 bits per heavy atom. The SMILES string of the molecule is NNC(=NCC(=O)N1CCCC1)NC1CC1. The predicted molar refractivity (Wildman–Crippen MR) is 61.6 cm³/mol. The van der Waals surface area contributed by atoms with Gasteiger partial charge in [0, 0.05) is 19.1 Å². The van der Waals surface area contributed by atoms with Crippen molar-refractivity contribution in [3.63, 3.8) is 0 Å². The summed E-state index contributed by atoms with van der Waals surface area (Å²) < 4.78 is 0. The van der Waals surface area contributed by atoms with Crippen molar-refractivity contribution < 1.29 is 4.79 Å². The molecule has 0 aromatic heterocycles. The molecule has 16 heavy (non-hydrogen) atoms. The Morgan fingerprint density at radius 3 is 2.62 bits per heavy atom. The van der Waals surface area contributed by atoms with Crippen molar-refractivity contribution in [3.05, 3.63) is 0 Å². The van der Waals surface area contributed by atoms with Gasteiger partial charge in [-0.25, -0.2) is 10.8 Å². The van der Waals surface area contributed by atoms with E-state index in [4.69, 9.17) is 5.84 Å². The molecule has 0 atom stereocenters. The molecule has 1 saturated heterocycles. The fourth-order valence-electron chi connectivity index (χ4n) is 1.77. The van der Waals surface area contributed by atoms with Crippen LogP contribution in [0.2, 0.25) is 0 Å². The lowest BCUT2D eigenvalue weighted by Gasteiger charge is -2.14. The van der Waals surface area contributed by atoms with E-state index in [-0.39, 0.29) is 12.5 Å². The molecule has 0 spiro atoms. The average molecular weight is 225 g/mol. The van der Waals surface area contributed by atoms with Gasteiger partial charge in [-0.3, -0.25) is 10.2 Å². The molecule has 6 nitrogen and oxygen atoms in total. The highest BCUT2D eigenvalue weighted by atomic mass is 16.2. The largest absolute Gasteiger partial charge is 0.353 e. The van der Waals surface area contributed by atoms with Crippen molar-refractivity contribution in [1.82, 2.24) is 15.6 Å². The van der Waals surface area contributed by atoms with E-state index in [9.17, 15) is 4.79 Å². The number of guanidine groups is 1. The lowest BCUT2D eigenvalue weighted by atomic mass is 10.4. The summed E-state index contributed by atoms with van der Waals surface area (Å²) >= 11 is 0. The molecule has 1 saturated carbocycles. The van der Waals surface area contributed by atoms with Crippen molar-refractivity contribution in [1.29, 1.82) is 0 Å². The van der Waals surface area contributed by atoms with Gasteiger partial charge in [-0.2, -0.15) is 0 Å². The number of hydrogen-bond donors (Lipinski definition) is 3. The number of amides is 1. The Bertz CT molecular complexity index is 281. The molecule has 6 heteroatoms. The standard InChI is InChI=1S/C10H19N5O/c11-14-10(13-8-3-4-8)12-7-9(16)15-5-1-2-6-15/h8H,1-7,11H2,(H2,12,13,14). The van der Waals surface area contributed by atoms with Gasteiger partial charge in [0.15, 0.2) is 0 Å². The number of hydrogen-bond acceptors (Lipinski definition) is 3. The highest BCUT2D eigenvalue weighted by Crippen LogP contribution is 2.18. The summed E-state index contributed by atoms with van der Waals surface area (Å²) in [6.45, 7) is 1.92. The smallest absolute Gasteiger partial charge is 0.244 e. The Morgan fingerprint density at radius 2 is 2.06 bits per heavy atom. The second-order valence-electron chi connectivity index (χ2n) is 4.32. The minimum absolute atomic E-state index is 0.0860. The number of carbonyl (C=O) groups is 1. The van der Waals surface area contributed by atoms with Gasteiger partial charge in [0.05, 0.1) is 0 Å². The van der Waals surface area contributed by atoms with Crippen LogP contribution >= 0.6 is 0 Å². The molecule has 0 aromatic carbocycles. The first-order valence-corrected chi connectivity index (χ1v) is 5.85. The highest BCUT2D eigenvalue weighted by molar-refractivity contribution is 5.85. The molecular formula is C10H19N5O. The van der Waals surface area contributed by atoms with Crippen molar-refractivity contribution in [2.45, 2.75) is 31.7 Å². The Hall–Kier alpha value is -1.30. The molecule has 0 bridgehead atoms. The number of rotatable bonds is 3. The average Bonchev–Trinajstić information content (AvgIpc) is 2.94. The van der Waals surface area contributed by atoms with E-state index in [1.165, 1.54) is 0 Å². The Kier molecular flexibility index (Phi) is 3.61. The maximum absolute atomic E-state index is 11.7. The monoisotopic (exact) mass is 225 g/mol. The maximum Gasteiger partial charge on any atom is 0.244 e. The first kappa shape index (κ1) is 11.2. The summed E-state index contributed by atoms with van der Waals surface area (Å²) in [6, 6.07) is 0.483. The molecular weight excluding hydrogens is 206 g/mol. The van der Waals surface area contributed by atoms with Crippen LogP contribution in [0, 0.1) is 0 Å². The number of hydrazine groups is 1. The second kappa shape index (κ2) is 5.16. The van der Waals surface area contributed by atoms with E-state index in [0.29, 0.717) is 12.0 Å². The van der Waals surface area contributed by atoms with Crippen LogP contribution < -0.4 is 16.6 Å². The van der Waals surface area contributed by atoms with Crippen molar-refractivity contribution in [2.75, 3.05) is 19.6 Å². The zero-order chi connectivity index (χ0) is 11.4. The summed E-state index contributed by atoms with van der Waals surface area (Å²) in [5.41, 5.74) is 2.49. The van der Waals surface area contributed by atoms with Crippen LogP contribution in [0.3, 0.4) is 0 Å². The number of nitrogens with one attached hydrogen (secondary N) is 2. The van der Waals surface area contributed by atoms with E-state index in [1.54, 1.807) is 0 Å². The van der Waals surface area contributed by atoms with Crippen molar-refractivity contribution >= 4 is 11.9 Å². The molecule has 1 heterocycles. The summed E-state index contributed by atoms with van der Waals surface area (Å²) in [5.74, 6) is 5.93. The van der Waals surface area contributed by atoms with Crippen LogP contribution in [-0.4, -0.2) is 42.4 Å². The lowest BCUT2D eigenvalue weighted by Crippen LogP contribution is -2.43. The summed E-state index contributed by atoms with van der Waals surface area (Å²) in [5, 5.41) is 3.13. The van der Waals surface area contributed by atoms with Gasteiger partial charge >= 0.3 is 0 Å². The van der Waals surface area contributed by atoms with Gasteiger partial charge in [0.1, 0.15) is 6.54 Å². The third kappa shape index (κ3) is 3.10. The van der Waals surface area contributed by atoms with Crippen molar-refractivity contribution in [3.8, 4) is 0 Å². The highest BCUT2D eigenvalue weighted by Gasteiger charge is 2.22. The van der Waals surface area contributed by atoms with Crippen LogP contribution in [0.15, 0.2) is 4.99 Å². The number of likely N-dealkylation sites (tertiary alicyclic amines) is 1. The quantitative estimate of drug-likeness (QED) is 0.254. The van der Waals surface area contributed by atoms with Crippen LogP contribution in [0.25, 0.3) is 0 Å². The molecule has 2 fully saturated rings. The number of carbonyl (C=O) groups excluding carboxylic acids is 1. The number of aliphatic imine (C=N–C) groups is 1. The molecule has 2 aliphatic rings. The van der Waals surface area contributed by atoms with Crippen LogP contribution in [0.4, 0.5) is 0 Å². The van der Waals surface area contributed by atoms with E-state index in [2.05, 4.69) is 15.7 Å². The first-order chi connectivity index (χ1) is 7.79. The zero-order valence-corrected chi connectivity index (χ0v) is 9.41. The molecule has 1 amide bonds. The maximum atomic E-state index is 11.7. The predicted octanol–water partition coefficient (Wildman–Crippen LogP) is -0.820. The molecule has 2 rings (SSSR count). The molecule has 0 unspecified atom stereocenters. The minimum Gasteiger partial charge on any atom is -0.353 e. The fraction of sp³-hybridized carbons (Fsp3) is 0.800. The molecule has 1 aliphatic heterocycles. The van der Waals surface area contributed by atoms with Gasteiger partial charge in [-0.15, -0.1) is 0 Å². The Labute approximate surface area is 95.2 Å². The van der Waals surface area contributed by atoms with Crippen molar-refractivity contribution in [2.24, 2.45) is 10.8 Å². The van der Waals surface area contributed by atoms with E-state index >= 15 is 0 Å². The van der Waals surface area contributed by atoms with Crippen LogP contribution in [0.1, 0.15) is 25.7 Å². The van der Waals surface area contributed by atoms with Gasteiger partial charge in [-0.05, 0) is 25.7 Å². The molecule has 1 aliphatic carbocycles. The second-order valence-corrected chi connectivity index (χ2v) is 4.32. The van der Waals surface area contributed by atoms with Gasteiger partial charge < -0.3 is 10.2 Å². The molecule has 0 aromatic rings. The van der Waals surface area contributed by atoms with Gasteiger partial charge in [0.2, 0.25) is 11.9 Å². The first-order valence-electron chi connectivity index (χ1n) is 5.85. The number of nitrogens with zero attached hydrogens (tertiary/aromatic N) is 2. The summed E-state index contributed by atoms with van der Waals surface area (Å²) in [4.78, 5) is 17.7. The molecule has 90 valence electrons. The van der Waals surface area contributed by atoms with Gasteiger partial charge in [-0.1, -0.05) is 0 Å². The van der Waals surface area contributed by atoms with Crippen LogP contribution in [-0.2, 0) is 4.79 Å². The van der Waals surface area contributed by atoms with Gasteiger partial charge in [0.25, 0.3) is 0 Å². The topological polar surface area (TPSA) is 82.7 Å². The Balaban J connectivity index is 1.77. The lowest BCUT2D eigenvalue weighted by molar-refractivity contribution is -0.128. The summed E-state index contributed by atoms with van der Waals surface area (Å²) in [7, 11) is 0. The summed E-state index contributed by atoms with van der Waals surface area (Å²) in [6.07, 6.45) is 4.52. The normalized spacial score (nSPS) is 21.1. The van der Waals surface area contributed by atoms with E-state index < -0.39 is 0 Å². The molecule has 0 radical (unpaired) electrons. The fourth-order valence-corrected chi connectivity index (χ4v) is 1.77.